The smallest absolute Gasteiger partial charge is 0.0590 e. The molecule has 0 aromatic carbocycles. The molecular weight excluding hydrogens is 228 g/mol. The van der Waals surface area contributed by atoms with E-state index >= 15 is 0 Å². The molecule has 2 nitrogen and oxygen atoms in total. The Hall–Kier alpha value is -0.380. The topological polar surface area (TPSA) is 29.3 Å². The van der Waals surface area contributed by atoms with Crippen LogP contribution in [-0.2, 0) is 0 Å². The molecule has 0 aliphatic rings. The summed E-state index contributed by atoms with van der Waals surface area (Å²) in [7, 11) is 2.21. The highest BCUT2D eigenvalue weighted by Crippen LogP contribution is 2.31. The number of aryl methyl sites for hydroxylation is 1. The van der Waals surface area contributed by atoms with Crippen LogP contribution in [0, 0.1) is 6.92 Å². The Morgan fingerprint density at radius 1 is 1.29 bits per heavy atom. The van der Waals surface area contributed by atoms with Crippen LogP contribution in [-0.4, -0.2) is 24.0 Å². The van der Waals surface area contributed by atoms with E-state index in [4.69, 9.17) is 5.73 Å². The average Bonchev–Trinajstić information content (AvgIpc) is 2.66. The molecule has 1 aromatic heterocycles. The lowest BCUT2D eigenvalue weighted by atomic mass is 10.0. The highest BCUT2D eigenvalue weighted by Gasteiger charge is 2.26. The van der Waals surface area contributed by atoms with Crippen LogP contribution >= 0.6 is 11.3 Å². The van der Waals surface area contributed by atoms with Crippen molar-refractivity contribution in [2.24, 2.45) is 5.73 Å². The van der Waals surface area contributed by atoms with Crippen LogP contribution in [0.4, 0.5) is 0 Å². The number of hydrogen-bond donors (Lipinski definition) is 1. The van der Waals surface area contributed by atoms with Gasteiger partial charge in [-0.1, -0.05) is 13.8 Å². The second-order valence-corrected chi connectivity index (χ2v) is 6.21. The van der Waals surface area contributed by atoms with Gasteiger partial charge in [0.05, 0.1) is 6.04 Å². The Balaban J connectivity index is 2.93. The highest BCUT2D eigenvalue weighted by molar-refractivity contribution is 7.12. The molecule has 0 radical (unpaired) electrons. The second kappa shape index (κ2) is 6.53. The standard InChI is InChI=1S/C14H26N2S/c1-6-12(7-2)16(5)14(11(4)15)13-9-8-10(3)17-13/h8-9,11-12,14H,6-7,15H2,1-5H3. The molecule has 0 saturated carbocycles. The molecule has 0 spiro atoms. The molecule has 3 heteroatoms. The van der Waals surface area contributed by atoms with Gasteiger partial charge in [0, 0.05) is 21.8 Å². The molecule has 0 amide bonds. The van der Waals surface area contributed by atoms with Crippen LogP contribution in [0.3, 0.4) is 0 Å². The molecule has 98 valence electrons. The number of thiophene rings is 1. The predicted molar refractivity (Wildman–Crippen MR) is 77.6 cm³/mol. The maximum Gasteiger partial charge on any atom is 0.0590 e. The second-order valence-electron chi connectivity index (χ2n) is 4.89. The van der Waals surface area contributed by atoms with Gasteiger partial charge in [0.25, 0.3) is 0 Å². The normalized spacial score (nSPS) is 15.5. The average molecular weight is 254 g/mol. The van der Waals surface area contributed by atoms with Crippen molar-refractivity contribution in [3.63, 3.8) is 0 Å². The van der Waals surface area contributed by atoms with Crippen molar-refractivity contribution < 1.29 is 0 Å². The first kappa shape index (κ1) is 14.7. The molecule has 2 atom stereocenters. The molecule has 0 aliphatic heterocycles. The quantitative estimate of drug-likeness (QED) is 0.841. The Morgan fingerprint density at radius 2 is 1.88 bits per heavy atom. The summed E-state index contributed by atoms with van der Waals surface area (Å²) in [4.78, 5) is 5.21. The molecule has 0 aliphatic carbocycles. The summed E-state index contributed by atoms with van der Waals surface area (Å²) in [5.41, 5.74) is 6.19. The van der Waals surface area contributed by atoms with Gasteiger partial charge >= 0.3 is 0 Å². The Labute approximate surface area is 110 Å². The first-order valence-electron chi connectivity index (χ1n) is 6.55. The number of hydrogen-bond acceptors (Lipinski definition) is 3. The van der Waals surface area contributed by atoms with Crippen LogP contribution in [0.2, 0.25) is 0 Å². The van der Waals surface area contributed by atoms with E-state index in [1.807, 2.05) is 11.3 Å². The summed E-state index contributed by atoms with van der Waals surface area (Å²) in [6.45, 7) is 8.77. The maximum absolute atomic E-state index is 6.19. The first-order valence-corrected chi connectivity index (χ1v) is 7.36. The van der Waals surface area contributed by atoms with Crippen LogP contribution in [0.15, 0.2) is 12.1 Å². The van der Waals surface area contributed by atoms with E-state index in [1.54, 1.807) is 0 Å². The monoisotopic (exact) mass is 254 g/mol. The Morgan fingerprint density at radius 3 is 2.24 bits per heavy atom. The minimum atomic E-state index is 0.165. The fraction of sp³-hybridized carbons (Fsp3) is 0.714. The maximum atomic E-state index is 6.19. The number of likely N-dealkylation sites (N-methyl/N-ethyl adjacent to an activating group) is 1. The first-order chi connectivity index (χ1) is 8.01. The van der Waals surface area contributed by atoms with Crippen LogP contribution in [0.1, 0.15) is 49.4 Å². The van der Waals surface area contributed by atoms with E-state index in [9.17, 15) is 0 Å². The molecule has 17 heavy (non-hydrogen) atoms. The lowest BCUT2D eigenvalue weighted by Gasteiger charge is -2.36. The third-order valence-corrected chi connectivity index (χ3v) is 4.58. The summed E-state index contributed by atoms with van der Waals surface area (Å²) < 4.78 is 0. The van der Waals surface area contributed by atoms with Crippen molar-refractivity contribution in [2.45, 2.75) is 58.7 Å². The Bertz CT molecular complexity index is 329. The van der Waals surface area contributed by atoms with E-state index < -0.39 is 0 Å². The van der Waals surface area contributed by atoms with Gasteiger partial charge in [-0.25, -0.2) is 0 Å². The van der Waals surface area contributed by atoms with E-state index in [0.29, 0.717) is 12.1 Å². The van der Waals surface area contributed by atoms with Crippen LogP contribution in [0.25, 0.3) is 0 Å². The third-order valence-electron chi connectivity index (χ3n) is 3.51. The van der Waals surface area contributed by atoms with Gasteiger partial charge in [0.15, 0.2) is 0 Å². The zero-order valence-corrected chi connectivity index (χ0v) is 12.6. The van der Waals surface area contributed by atoms with Crippen molar-refractivity contribution >= 4 is 11.3 Å². The van der Waals surface area contributed by atoms with E-state index in [2.05, 4.69) is 51.8 Å². The van der Waals surface area contributed by atoms with Gasteiger partial charge in [-0.05, 0) is 45.9 Å². The fourth-order valence-electron chi connectivity index (χ4n) is 2.53. The molecule has 2 unspecified atom stereocenters. The lowest BCUT2D eigenvalue weighted by molar-refractivity contribution is 0.149. The van der Waals surface area contributed by atoms with Crippen LogP contribution < -0.4 is 5.73 Å². The van der Waals surface area contributed by atoms with Gasteiger partial charge in [-0.3, -0.25) is 4.90 Å². The Kier molecular flexibility index (Phi) is 5.63. The van der Waals surface area contributed by atoms with Crippen molar-refractivity contribution in [1.29, 1.82) is 0 Å². The van der Waals surface area contributed by atoms with Crippen molar-refractivity contribution in [1.82, 2.24) is 4.90 Å². The largest absolute Gasteiger partial charge is 0.326 e. The molecule has 0 saturated heterocycles. The minimum absolute atomic E-state index is 0.165. The van der Waals surface area contributed by atoms with Gasteiger partial charge in [-0.15, -0.1) is 11.3 Å². The highest BCUT2D eigenvalue weighted by atomic mass is 32.1. The van der Waals surface area contributed by atoms with Crippen molar-refractivity contribution in [3.8, 4) is 0 Å². The van der Waals surface area contributed by atoms with Gasteiger partial charge in [0.2, 0.25) is 0 Å². The molecule has 0 bridgehead atoms. The summed E-state index contributed by atoms with van der Waals surface area (Å²) in [6.07, 6.45) is 2.36. The van der Waals surface area contributed by atoms with Gasteiger partial charge < -0.3 is 5.73 Å². The fourth-order valence-corrected chi connectivity index (χ4v) is 3.68. The van der Waals surface area contributed by atoms with E-state index in [1.165, 1.54) is 22.6 Å². The summed E-state index contributed by atoms with van der Waals surface area (Å²) in [6, 6.07) is 5.55. The zero-order chi connectivity index (χ0) is 13.0. The molecule has 0 fully saturated rings. The lowest BCUT2D eigenvalue weighted by Crippen LogP contribution is -2.42. The molecule has 1 rings (SSSR count). The SMILES string of the molecule is CCC(CC)N(C)C(c1ccc(C)s1)C(C)N. The molecule has 1 aromatic rings. The van der Waals surface area contributed by atoms with Crippen LogP contribution in [0.5, 0.6) is 0 Å². The van der Waals surface area contributed by atoms with Gasteiger partial charge in [-0.2, -0.15) is 0 Å². The summed E-state index contributed by atoms with van der Waals surface area (Å²) >= 11 is 1.87. The van der Waals surface area contributed by atoms with E-state index in [0.717, 1.165) is 0 Å². The number of nitrogens with two attached hydrogens (primary N) is 1. The van der Waals surface area contributed by atoms with Crippen molar-refractivity contribution in [3.05, 3.63) is 21.9 Å². The molecule has 1 heterocycles. The van der Waals surface area contributed by atoms with Gasteiger partial charge in [0.1, 0.15) is 0 Å². The molecular formula is C14H26N2S. The third kappa shape index (κ3) is 3.54. The molecule has 2 N–H and O–H groups in total. The predicted octanol–water partition coefficient (Wildman–Crippen LogP) is 3.57. The van der Waals surface area contributed by atoms with E-state index in [-0.39, 0.29) is 6.04 Å². The zero-order valence-electron chi connectivity index (χ0n) is 11.7. The minimum Gasteiger partial charge on any atom is -0.326 e. The summed E-state index contributed by atoms with van der Waals surface area (Å²) in [5.74, 6) is 0. The van der Waals surface area contributed by atoms with Crippen molar-refractivity contribution in [2.75, 3.05) is 7.05 Å². The summed E-state index contributed by atoms with van der Waals surface area (Å²) in [5, 5.41) is 0. The number of nitrogens with zero attached hydrogens (tertiary/aromatic N) is 1. The number of rotatable bonds is 6.